The zero-order chi connectivity index (χ0) is 15.5. The summed E-state index contributed by atoms with van der Waals surface area (Å²) in [5, 5.41) is 3.41. The minimum atomic E-state index is 0. The maximum atomic E-state index is 12.9. The third-order valence-corrected chi connectivity index (χ3v) is 4.91. The lowest BCUT2D eigenvalue weighted by molar-refractivity contribution is -0.0124. The van der Waals surface area contributed by atoms with Crippen molar-refractivity contribution in [2.75, 3.05) is 32.8 Å². The number of carbonyl (C=O) groups excluding carboxylic acids is 1. The first-order valence-corrected chi connectivity index (χ1v) is 8.38. The average Bonchev–Trinajstić information content (AvgIpc) is 2.55. The molecule has 2 saturated heterocycles. The van der Waals surface area contributed by atoms with Gasteiger partial charge in [0.05, 0.1) is 12.7 Å². The summed E-state index contributed by atoms with van der Waals surface area (Å²) in [6.07, 6.45) is 2.45. The van der Waals surface area contributed by atoms with E-state index in [0.29, 0.717) is 25.6 Å². The Morgan fingerprint density at radius 1 is 1.30 bits per heavy atom. The third kappa shape index (κ3) is 4.06. The van der Waals surface area contributed by atoms with Crippen LogP contribution in [0.2, 0.25) is 0 Å². The Balaban J connectivity index is 0.00000192. The van der Waals surface area contributed by atoms with Gasteiger partial charge < -0.3 is 15.0 Å². The second-order valence-electron chi connectivity index (χ2n) is 6.48. The standard InChI is InChI=1S/C18H26N2O2.ClH/c1-13-12-20(10-11-22-13)18(21)17-5-3-4-16(14(17)2)15-6-8-19-9-7-15;/h3-5,13,15,19H,6-12H2,1-2H3;1H. The van der Waals surface area contributed by atoms with E-state index in [0.717, 1.165) is 31.5 Å². The quantitative estimate of drug-likeness (QED) is 0.901. The maximum absolute atomic E-state index is 12.9. The van der Waals surface area contributed by atoms with Crippen LogP contribution in [0, 0.1) is 6.92 Å². The van der Waals surface area contributed by atoms with Crippen LogP contribution < -0.4 is 5.32 Å². The normalized spacial score (nSPS) is 22.5. The molecular weight excluding hydrogens is 312 g/mol. The van der Waals surface area contributed by atoms with Crippen molar-refractivity contribution in [1.29, 1.82) is 0 Å². The van der Waals surface area contributed by atoms with Gasteiger partial charge in [0.2, 0.25) is 0 Å². The number of hydrogen-bond donors (Lipinski definition) is 1. The van der Waals surface area contributed by atoms with Crippen molar-refractivity contribution in [3.8, 4) is 0 Å². The molecule has 1 aromatic carbocycles. The molecule has 0 aliphatic carbocycles. The molecule has 1 atom stereocenters. The SMILES string of the molecule is Cc1c(C(=O)N2CCOC(C)C2)cccc1C1CCNCC1.Cl. The number of morpholine rings is 1. The number of amides is 1. The van der Waals surface area contributed by atoms with E-state index in [-0.39, 0.29) is 24.4 Å². The Bertz CT molecular complexity index is 544. The number of ether oxygens (including phenoxy) is 1. The summed E-state index contributed by atoms with van der Waals surface area (Å²) in [6.45, 7) is 8.30. The molecule has 0 radical (unpaired) electrons. The zero-order valence-corrected chi connectivity index (χ0v) is 14.8. The van der Waals surface area contributed by atoms with Gasteiger partial charge in [0.15, 0.2) is 0 Å². The van der Waals surface area contributed by atoms with Crippen molar-refractivity contribution in [3.63, 3.8) is 0 Å². The fourth-order valence-electron chi connectivity index (χ4n) is 3.63. The Morgan fingerprint density at radius 2 is 2.04 bits per heavy atom. The van der Waals surface area contributed by atoms with Gasteiger partial charge in [0.1, 0.15) is 0 Å². The van der Waals surface area contributed by atoms with Crippen LogP contribution in [0.15, 0.2) is 18.2 Å². The number of piperidine rings is 1. The number of halogens is 1. The first-order chi connectivity index (χ1) is 10.7. The summed E-state index contributed by atoms with van der Waals surface area (Å²) in [7, 11) is 0. The lowest BCUT2D eigenvalue weighted by Crippen LogP contribution is -2.44. The summed E-state index contributed by atoms with van der Waals surface area (Å²) in [6, 6.07) is 6.22. The van der Waals surface area contributed by atoms with Crippen LogP contribution in [0.4, 0.5) is 0 Å². The summed E-state index contributed by atoms with van der Waals surface area (Å²) in [5.74, 6) is 0.737. The molecule has 1 amide bonds. The third-order valence-electron chi connectivity index (χ3n) is 4.91. The lowest BCUT2D eigenvalue weighted by atomic mass is 9.85. The largest absolute Gasteiger partial charge is 0.375 e. The van der Waals surface area contributed by atoms with Crippen LogP contribution in [0.5, 0.6) is 0 Å². The Morgan fingerprint density at radius 3 is 2.74 bits per heavy atom. The molecule has 2 heterocycles. The summed E-state index contributed by atoms with van der Waals surface area (Å²) >= 11 is 0. The highest BCUT2D eigenvalue weighted by molar-refractivity contribution is 5.96. The Labute approximate surface area is 145 Å². The van der Waals surface area contributed by atoms with E-state index in [4.69, 9.17) is 4.74 Å². The molecule has 4 nitrogen and oxygen atoms in total. The predicted octanol–water partition coefficient (Wildman–Crippen LogP) is 2.74. The van der Waals surface area contributed by atoms with Crippen molar-refractivity contribution in [2.24, 2.45) is 0 Å². The van der Waals surface area contributed by atoms with E-state index in [2.05, 4.69) is 18.3 Å². The number of rotatable bonds is 2. The summed E-state index contributed by atoms with van der Waals surface area (Å²) in [5.41, 5.74) is 3.39. The molecule has 5 heteroatoms. The number of carbonyl (C=O) groups is 1. The molecule has 23 heavy (non-hydrogen) atoms. The van der Waals surface area contributed by atoms with Crippen LogP contribution >= 0.6 is 12.4 Å². The van der Waals surface area contributed by atoms with Crippen molar-refractivity contribution < 1.29 is 9.53 Å². The Hall–Kier alpha value is -1.10. The van der Waals surface area contributed by atoms with E-state index < -0.39 is 0 Å². The topological polar surface area (TPSA) is 41.6 Å². The molecular formula is C18H27ClN2O2. The first kappa shape index (κ1) is 18.2. The van der Waals surface area contributed by atoms with Gasteiger partial charge in [-0.25, -0.2) is 0 Å². The van der Waals surface area contributed by atoms with Crippen LogP contribution in [0.25, 0.3) is 0 Å². The van der Waals surface area contributed by atoms with Crippen LogP contribution in [0.3, 0.4) is 0 Å². The molecule has 1 N–H and O–H groups in total. The van der Waals surface area contributed by atoms with Gasteiger partial charge in [-0.05, 0) is 62.9 Å². The van der Waals surface area contributed by atoms with Crippen molar-refractivity contribution in [3.05, 3.63) is 34.9 Å². The van der Waals surface area contributed by atoms with Crippen LogP contribution in [0.1, 0.15) is 47.2 Å². The molecule has 1 unspecified atom stereocenters. The van der Waals surface area contributed by atoms with E-state index >= 15 is 0 Å². The van der Waals surface area contributed by atoms with E-state index in [1.165, 1.54) is 11.1 Å². The molecule has 0 bridgehead atoms. The second kappa shape index (κ2) is 8.13. The predicted molar refractivity (Wildman–Crippen MR) is 94.6 cm³/mol. The highest BCUT2D eigenvalue weighted by Crippen LogP contribution is 2.30. The van der Waals surface area contributed by atoms with Gasteiger partial charge in [0.25, 0.3) is 5.91 Å². The van der Waals surface area contributed by atoms with E-state index in [1.54, 1.807) is 0 Å². The van der Waals surface area contributed by atoms with Crippen molar-refractivity contribution >= 4 is 18.3 Å². The minimum Gasteiger partial charge on any atom is -0.375 e. The molecule has 2 aliphatic rings. The van der Waals surface area contributed by atoms with Crippen LogP contribution in [-0.4, -0.2) is 49.7 Å². The Kier molecular flexibility index (Phi) is 6.45. The number of hydrogen-bond acceptors (Lipinski definition) is 3. The second-order valence-corrected chi connectivity index (χ2v) is 6.48. The fourth-order valence-corrected chi connectivity index (χ4v) is 3.63. The first-order valence-electron chi connectivity index (χ1n) is 8.38. The molecule has 1 aromatic rings. The molecule has 3 rings (SSSR count). The molecule has 128 valence electrons. The minimum absolute atomic E-state index is 0. The smallest absolute Gasteiger partial charge is 0.254 e. The number of nitrogens with zero attached hydrogens (tertiary/aromatic N) is 1. The highest BCUT2D eigenvalue weighted by atomic mass is 35.5. The van der Waals surface area contributed by atoms with Gasteiger partial charge in [-0.3, -0.25) is 4.79 Å². The molecule has 0 spiro atoms. The van der Waals surface area contributed by atoms with Gasteiger partial charge in [-0.15, -0.1) is 12.4 Å². The molecule has 2 aliphatic heterocycles. The van der Waals surface area contributed by atoms with E-state index in [1.807, 2.05) is 24.0 Å². The molecule has 0 aromatic heterocycles. The fraction of sp³-hybridized carbons (Fsp3) is 0.611. The van der Waals surface area contributed by atoms with Crippen molar-refractivity contribution in [1.82, 2.24) is 10.2 Å². The number of nitrogens with one attached hydrogen (secondary N) is 1. The van der Waals surface area contributed by atoms with Gasteiger partial charge >= 0.3 is 0 Å². The molecule has 2 fully saturated rings. The van der Waals surface area contributed by atoms with E-state index in [9.17, 15) is 4.79 Å². The van der Waals surface area contributed by atoms with Crippen molar-refractivity contribution in [2.45, 2.75) is 38.7 Å². The van der Waals surface area contributed by atoms with Gasteiger partial charge in [0, 0.05) is 18.7 Å². The lowest BCUT2D eigenvalue weighted by Gasteiger charge is -2.32. The maximum Gasteiger partial charge on any atom is 0.254 e. The van der Waals surface area contributed by atoms with Gasteiger partial charge in [-0.1, -0.05) is 12.1 Å². The summed E-state index contributed by atoms with van der Waals surface area (Å²) in [4.78, 5) is 14.8. The summed E-state index contributed by atoms with van der Waals surface area (Å²) < 4.78 is 5.54. The zero-order valence-electron chi connectivity index (χ0n) is 14.0. The molecule has 0 saturated carbocycles. The number of benzene rings is 1. The monoisotopic (exact) mass is 338 g/mol. The average molecular weight is 339 g/mol. The van der Waals surface area contributed by atoms with Gasteiger partial charge in [-0.2, -0.15) is 0 Å². The highest BCUT2D eigenvalue weighted by Gasteiger charge is 2.25. The van der Waals surface area contributed by atoms with Crippen LogP contribution in [-0.2, 0) is 4.74 Å².